The monoisotopic (exact) mass is 251 g/mol. The van der Waals surface area contributed by atoms with Crippen LogP contribution in [-0.4, -0.2) is 23.5 Å². The molecule has 4 N–H and O–H groups in total. The number of H-pyrrole nitrogens is 1. The first-order valence-corrected chi connectivity index (χ1v) is 6.01. The van der Waals surface area contributed by atoms with Crippen LogP contribution in [0.25, 0.3) is 0 Å². The van der Waals surface area contributed by atoms with Crippen LogP contribution in [0.15, 0.2) is 23.0 Å². The third kappa shape index (κ3) is 5.14. The van der Waals surface area contributed by atoms with Gasteiger partial charge in [-0.15, -0.1) is 0 Å². The molecular formula is C13H21N3O2. The lowest BCUT2D eigenvalue weighted by Gasteiger charge is -2.23. The molecule has 0 radical (unpaired) electrons. The van der Waals surface area contributed by atoms with Crippen molar-refractivity contribution < 1.29 is 4.79 Å². The molecule has 1 rings (SSSR count). The molecule has 1 aromatic rings. The van der Waals surface area contributed by atoms with Gasteiger partial charge in [0.2, 0.25) is 5.56 Å². The molecule has 0 fully saturated rings. The average molecular weight is 251 g/mol. The van der Waals surface area contributed by atoms with E-state index in [9.17, 15) is 9.59 Å². The highest BCUT2D eigenvalue weighted by atomic mass is 16.2. The number of nitrogens with one attached hydrogen (secondary N) is 2. The highest BCUT2D eigenvalue weighted by Crippen LogP contribution is 2.19. The summed E-state index contributed by atoms with van der Waals surface area (Å²) in [6.45, 7) is 6.70. The third-order valence-corrected chi connectivity index (χ3v) is 2.41. The van der Waals surface area contributed by atoms with Crippen LogP contribution in [0.1, 0.15) is 37.7 Å². The molecule has 1 heterocycles. The minimum Gasteiger partial charge on any atom is -0.349 e. The van der Waals surface area contributed by atoms with Gasteiger partial charge in [-0.3, -0.25) is 9.59 Å². The Morgan fingerprint density at radius 1 is 1.44 bits per heavy atom. The molecule has 100 valence electrons. The van der Waals surface area contributed by atoms with Crippen molar-refractivity contribution in [2.75, 3.05) is 6.54 Å². The Morgan fingerprint density at radius 3 is 2.67 bits per heavy atom. The SMILES string of the molecule is CC(C)(C)CC(N)CNC(=O)c1cccc(=O)[nH]1. The first kappa shape index (κ1) is 14.4. The van der Waals surface area contributed by atoms with Gasteiger partial charge >= 0.3 is 0 Å². The van der Waals surface area contributed by atoms with Crippen LogP contribution in [0.2, 0.25) is 0 Å². The second-order valence-electron chi connectivity index (χ2n) is 5.66. The molecule has 0 aliphatic heterocycles. The zero-order chi connectivity index (χ0) is 13.8. The minimum atomic E-state index is -0.308. The molecule has 0 saturated heterocycles. The van der Waals surface area contributed by atoms with E-state index in [4.69, 9.17) is 5.73 Å². The fraction of sp³-hybridized carbons (Fsp3) is 0.538. The molecule has 18 heavy (non-hydrogen) atoms. The topological polar surface area (TPSA) is 88.0 Å². The number of hydrogen-bond acceptors (Lipinski definition) is 3. The molecule has 0 aliphatic carbocycles. The summed E-state index contributed by atoms with van der Waals surface area (Å²) in [5, 5.41) is 2.71. The zero-order valence-electron chi connectivity index (χ0n) is 11.1. The van der Waals surface area contributed by atoms with Crippen LogP contribution in [0.4, 0.5) is 0 Å². The molecule has 1 atom stereocenters. The van der Waals surface area contributed by atoms with Crippen molar-refractivity contribution in [3.05, 3.63) is 34.2 Å². The number of carbonyl (C=O) groups excluding carboxylic acids is 1. The van der Waals surface area contributed by atoms with Gasteiger partial charge in [0.25, 0.3) is 5.91 Å². The molecule has 5 nitrogen and oxygen atoms in total. The quantitative estimate of drug-likeness (QED) is 0.742. The van der Waals surface area contributed by atoms with Gasteiger partial charge in [-0.2, -0.15) is 0 Å². The molecule has 1 unspecified atom stereocenters. The Bertz CT molecular complexity index is 460. The lowest BCUT2D eigenvalue weighted by molar-refractivity contribution is 0.0943. The maximum absolute atomic E-state index is 11.7. The van der Waals surface area contributed by atoms with E-state index in [0.29, 0.717) is 6.54 Å². The van der Waals surface area contributed by atoms with E-state index < -0.39 is 0 Å². The van der Waals surface area contributed by atoms with Crippen LogP contribution >= 0.6 is 0 Å². The molecule has 0 saturated carbocycles. The lowest BCUT2D eigenvalue weighted by Crippen LogP contribution is -2.39. The van der Waals surface area contributed by atoms with Gasteiger partial charge in [0, 0.05) is 18.7 Å². The van der Waals surface area contributed by atoms with Gasteiger partial charge in [0.1, 0.15) is 5.69 Å². The van der Waals surface area contributed by atoms with E-state index in [-0.39, 0.29) is 28.6 Å². The average Bonchev–Trinajstić information content (AvgIpc) is 2.23. The highest BCUT2D eigenvalue weighted by molar-refractivity contribution is 5.92. The van der Waals surface area contributed by atoms with E-state index in [1.807, 2.05) is 0 Å². The van der Waals surface area contributed by atoms with E-state index >= 15 is 0 Å². The third-order valence-electron chi connectivity index (χ3n) is 2.41. The zero-order valence-corrected chi connectivity index (χ0v) is 11.1. The smallest absolute Gasteiger partial charge is 0.267 e. The van der Waals surface area contributed by atoms with Gasteiger partial charge < -0.3 is 16.0 Å². The summed E-state index contributed by atoms with van der Waals surface area (Å²) in [6.07, 6.45) is 0.818. The van der Waals surface area contributed by atoms with E-state index in [1.165, 1.54) is 6.07 Å². The van der Waals surface area contributed by atoms with Crippen LogP contribution in [0, 0.1) is 5.41 Å². The molecule has 1 amide bonds. The number of rotatable bonds is 4. The maximum atomic E-state index is 11.7. The van der Waals surface area contributed by atoms with Gasteiger partial charge in [0.05, 0.1) is 0 Å². The van der Waals surface area contributed by atoms with Crippen molar-refractivity contribution in [2.45, 2.75) is 33.2 Å². The van der Waals surface area contributed by atoms with Crippen molar-refractivity contribution in [3.8, 4) is 0 Å². The van der Waals surface area contributed by atoms with Crippen LogP contribution < -0.4 is 16.6 Å². The Kier molecular flexibility index (Phi) is 4.67. The van der Waals surface area contributed by atoms with Crippen molar-refractivity contribution in [3.63, 3.8) is 0 Å². The second kappa shape index (κ2) is 5.82. The molecule has 0 spiro atoms. The van der Waals surface area contributed by atoms with E-state index in [2.05, 4.69) is 31.1 Å². The van der Waals surface area contributed by atoms with Gasteiger partial charge in [-0.25, -0.2) is 0 Å². The number of nitrogens with two attached hydrogens (primary N) is 1. The predicted octanol–water partition coefficient (Wildman–Crippen LogP) is 0.868. The van der Waals surface area contributed by atoms with Gasteiger partial charge in [0.15, 0.2) is 0 Å². The number of amides is 1. The second-order valence-corrected chi connectivity index (χ2v) is 5.66. The molecule has 0 bridgehead atoms. The number of carbonyl (C=O) groups is 1. The van der Waals surface area contributed by atoms with Crippen LogP contribution in [0.3, 0.4) is 0 Å². The van der Waals surface area contributed by atoms with Crippen molar-refractivity contribution in [1.82, 2.24) is 10.3 Å². The summed E-state index contributed by atoms with van der Waals surface area (Å²) < 4.78 is 0. The summed E-state index contributed by atoms with van der Waals surface area (Å²) in [7, 11) is 0. The Labute approximate surface area is 107 Å². The summed E-state index contributed by atoms with van der Waals surface area (Å²) in [5.41, 5.74) is 6.02. The van der Waals surface area contributed by atoms with E-state index in [0.717, 1.165) is 6.42 Å². The number of pyridine rings is 1. The summed E-state index contributed by atoms with van der Waals surface area (Å²) in [6, 6.07) is 4.38. The Balaban J connectivity index is 2.49. The fourth-order valence-corrected chi connectivity index (χ4v) is 1.76. The first-order chi connectivity index (χ1) is 8.28. The largest absolute Gasteiger partial charge is 0.349 e. The van der Waals surface area contributed by atoms with Crippen molar-refractivity contribution >= 4 is 5.91 Å². The Hall–Kier alpha value is -1.62. The van der Waals surface area contributed by atoms with Crippen molar-refractivity contribution in [1.29, 1.82) is 0 Å². The van der Waals surface area contributed by atoms with Crippen LogP contribution in [-0.2, 0) is 0 Å². The standard InChI is InChI=1S/C13H21N3O2/c1-13(2,3)7-9(14)8-15-12(18)10-5-4-6-11(17)16-10/h4-6,9H,7-8,14H2,1-3H3,(H,15,18)(H,16,17). The molecule has 0 aromatic carbocycles. The number of aromatic nitrogens is 1. The maximum Gasteiger partial charge on any atom is 0.267 e. The minimum absolute atomic E-state index is 0.0932. The normalized spacial score (nSPS) is 13.1. The summed E-state index contributed by atoms with van der Waals surface area (Å²) in [5.74, 6) is -0.308. The fourth-order valence-electron chi connectivity index (χ4n) is 1.76. The highest BCUT2D eigenvalue weighted by Gasteiger charge is 2.16. The number of aromatic amines is 1. The molecular weight excluding hydrogens is 230 g/mol. The lowest BCUT2D eigenvalue weighted by atomic mass is 9.88. The number of hydrogen-bond donors (Lipinski definition) is 3. The van der Waals surface area contributed by atoms with Gasteiger partial charge in [-0.1, -0.05) is 26.8 Å². The summed E-state index contributed by atoms with van der Waals surface area (Å²) in [4.78, 5) is 25.3. The predicted molar refractivity (Wildman–Crippen MR) is 71.4 cm³/mol. The molecule has 0 aliphatic rings. The van der Waals surface area contributed by atoms with Crippen LogP contribution in [0.5, 0.6) is 0 Å². The Morgan fingerprint density at radius 2 is 2.11 bits per heavy atom. The first-order valence-electron chi connectivity index (χ1n) is 6.01. The van der Waals surface area contributed by atoms with Crippen molar-refractivity contribution in [2.24, 2.45) is 11.1 Å². The van der Waals surface area contributed by atoms with E-state index in [1.54, 1.807) is 12.1 Å². The summed E-state index contributed by atoms with van der Waals surface area (Å²) >= 11 is 0. The van der Waals surface area contributed by atoms with Gasteiger partial charge in [-0.05, 0) is 17.9 Å². The molecule has 5 heteroatoms. The molecule has 1 aromatic heterocycles.